The number of morpholine rings is 1. The van der Waals surface area contributed by atoms with E-state index in [1.165, 1.54) is 18.4 Å². The number of esters is 1. The molecule has 1 amide bonds. The van der Waals surface area contributed by atoms with Crippen molar-refractivity contribution in [3.8, 4) is 0 Å². The van der Waals surface area contributed by atoms with E-state index in [9.17, 15) is 9.59 Å². The predicted molar refractivity (Wildman–Crippen MR) is 130 cm³/mol. The lowest BCUT2D eigenvalue weighted by Gasteiger charge is -2.28. The minimum atomic E-state index is -0.525. The van der Waals surface area contributed by atoms with E-state index in [0.717, 1.165) is 60.6 Å². The van der Waals surface area contributed by atoms with Gasteiger partial charge in [-0.25, -0.2) is 9.78 Å². The average Bonchev–Trinajstić information content (AvgIpc) is 3.25. The third kappa shape index (κ3) is 5.24. The highest BCUT2D eigenvalue weighted by molar-refractivity contribution is 7.22. The number of carbonyl (C=O) groups is 2. The van der Waals surface area contributed by atoms with Crippen LogP contribution in [0.5, 0.6) is 0 Å². The van der Waals surface area contributed by atoms with Crippen LogP contribution in [-0.2, 0) is 9.47 Å². The zero-order valence-corrected chi connectivity index (χ0v) is 20.1. The van der Waals surface area contributed by atoms with Crippen LogP contribution >= 0.6 is 11.3 Å². The molecule has 33 heavy (non-hydrogen) atoms. The van der Waals surface area contributed by atoms with Gasteiger partial charge in [0.05, 0.1) is 41.7 Å². The van der Waals surface area contributed by atoms with Crippen molar-refractivity contribution in [2.24, 2.45) is 0 Å². The van der Waals surface area contributed by atoms with Crippen LogP contribution in [0, 0.1) is 13.8 Å². The van der Waals surface area contributed by atoms with Crippen molar-refractivity contribution in [3.63, 3.8) is 0 Å². The molecule has 2 aromatic carbocycles. The summed E-state index contributed by atoms with van der Waals surface area (Å²) >= 11 is 1.51. The third-order valence-electron chi connectivity index (χ3n) is 5.81. The lowest BCUT2D eigenvalue weighted by atomic mass is 10.1. The standard InChI is InChI=1S/C25H29N3O4S/c1-17-15-18(2)22-21(16-17)26-25(33-22)28(10-6-9-27-11-13-32-14-12-27)23(29)19-7-4-5-8-20(19)24(30)31-3/h4-5,7-8,15-16H,6,9-14H2,1-3H3. The molecule has 2 heterocycles. The number of aryl methyl sites for hydroxylation is 2. The molecule has 1 fully saturated rings. The van der Waals surface area contributed by atoms with Gasteiger partial charge in [-0.05, 0) is 49.6 Å². The van der Waals surface area contributed by atoms with Gasteiger partial charge in [0.2, 0.25) is 0 Å². The number of methoxy groups -OCH3 is 1. The number of anilines is 1. The fourth-order valence-electron chi connectivity index (χ4n) is 4.14. The number of hydrogen-bond donors (Lipinski definition) is 0. The van der Waals surface area contributed by atoms with Crippen molar-refractivity contribution in [2.45, 2.75) is 20.3 Å². The van der Waals surface area contributed by atoms with E-state index < -0.39 is 5.97 Å². The van der Waals surface area contributed by atoms with Crippen LogP contribution < -0.4 is 4.90 Å². The maximum atomic E-state index is 13.7. The monoisotopic (exact) mass is 467 g/mol. The van der Waals surface area contributed by atoms with Gasteiger partial charge in [0.15, 0.2) is 5.13 Å². The van der Waals surface area contributed by atoms with Crippen molar-refractivity contribution < 1.29 is 19.1 Å². The molecule has 1 aromatic heterocycles. The van der Waals surface area contributed by atoms with Gasteiger partial charge < -0.3 is 9.47 Å². The van der Waals surface area contributed by atoms with Crippen LogP contribution in [0.1, 0.15) is 38.3 Å². The average molecular weight is 468 g/mol. The number of fused-ring (bicyclic) bond motifs is 1. The number of ether oxygens (including phenoxy) is 2. The summed E-state index contributed by atoms with van der Waals surface area (Å²) in [5.41, 5.74) is 3.75. The van der Waals surface area contributed by atoms with Crippen LogP contribution in [-0.4, -0.2) is 68.3 Å². The largest absolute Gasteiger partial charge is 0.465 e. The molecule has 1 aliphatic heterocycles. The van der Waals surface area contributed by atoms with Gasteiger partial charge in [-0.15, -0.1) is 0 Å². The Morgan fingerprint density at radius 2 is 1.88 bits per heavy atom. The number of benzene rings is 2. The summed E-state index contributed by atoms with van der Waals surface area (Å²) in [7, 11) is 1.32. The smallest absolute Gasteiger partial charge is 0.338 e. The van der Waals surface area contributed by atoms with Gasteiger partial charge in [0.25, 0.3) is 5.91 Å². The van der Waals surface area contributed by atoms with Gasteiger partial charge in [-0.3, -0.25) is 14.6 Å². The maximum Gasteiger partial charge on any atom is 0.338 e. The van der Waals surface area contributed by atoms with Crippen LogP contribution in [0.3, 0.4) is 0 Å². The first-order chi connectivity index (χ1) is 16.0. The molecule has 4 rings (SSSR count). The minimum absolute atomic E-state index is 0.244. The van der Waals surface area contributed by atoms with Crippen molar-refractivity contribution in [2.75, 3.05) is 51.4 Å². The lowest BCUT2D eigenvalue weighted by molar-refractivity contribution is 0.0376. The Bertz CT molecular complexity index is 1150. The summed E-state index contributed by atoms with van der Waals surface area (Å²) in [4.78, 5) is 34.9. The Balaban J connectivity index is 1.66. The number of aromatic nitrogens is 1. The first-order valence-electron chi connectivity index (χ1n) is 11.1. The predicted octanol–water partition coefficient (Wildman–Crippen LogP) is 4.07. The number of thiazole rings is 1. The van der Waals surface area contributed by atoms with Gasteiger partial charge in [-0.1, -0.05) is 29.5 Å². The highest BCUT2D eigenvalue weighted by atomic mass is 32.1. The number of rotatable bonds is 7. The molecule has 0 saturated carbocycles. The molecule has 0 bridgehead atoms. The van der Waals surface area contributed by atoms with Crippen molar-refractivity contribution >= 4 is 38.6 Å². The summed E-state index contributed by atoms with van der Waals surface area (Å²) in [6, 6.07) is 11.0. The number of carbonyl (C=O) groups excluding carboxylic acids is 2. The molecule has 1 aliphatic rings. The lowest BCUT2D eigenvalue weighted by Crippen LogP contribution is -2.39. The molecule has 1 saturated heterocycles. The third-order valence-corrected chi connectivity index (χ3v) is 7.04. The molecule has 3 aromatic rings. The van der Waals surface area contributed by atoms with E-state index in [-0.39, 0.29) is 11.5 Å². The quantitative estimate of drug-likeness (QED) is 0.488. The van der Waals surface area contributed by atoms with E-state index in [1.54, 1.807) is 29.2 Å². The van der Waals surface area contributed by atoms with Crippen LogP contribution in [0.25, 0.3) is 10.2 Å². The van der Waals surface area contributed by atoms with Crippen LogP contribution in [0.15, 0.2) is 36.4 Å². The second kappa shape index (κ2) is 10.4. The maximum absolute atomic E-state index is 13.7. The second-order valence-electron chi connectivity index (χ2n) is 8.23. The van der Waals surface area contributed by atoms with Gasteiger partial charge in [0.1, 0.15) is 0 Å². The summed E-state index contributed by atoms with van der Waals surface area (Å²) in [5, 5.41) is 0.644. The highest BCUT2D eigenvalue weighted by Gasteiger charge is 2.26. The molecule has 7 nitrogen and oxygen atoms in total. The fourth-order valence-corrected chi connectivity index (χ4v) is 5.18. The molecule has 0 N–H and O–H groups in total. The zero-order chi connectivity index (χ0) is 23.4. The Kier molecular flexibility index (Phi) is 7.37. The summed E-state index contributed by atoms with van der Waals surface area (Å²) < 4.78 is 11.4. The molecule has 0 spiro atoms. The van der Waals surface area contributed by atoms with Crippen LogP contribution in [0.2, 0.25) is 0 Å². The molecule has 174 valence electrons. The van der Waals surface area contributed by atoms with Gasteiger partial charge in [0, 0.05) is 26.2 Å². The van der Waals surface area contributed by atoms with Crippen LogP contribution in [0.4, 0.5) is 5.13 Å². The Labute approximate surface area is 197 Å². The topological polar surface area (TPSA) is 72.0 Å². The Morgan fingerprint density at radius 3 is 2.61 bits per heavy atom. The molecular weight excluding hydrogens is 438 g/mol. The van der Waals surface area contributed by atoms with E-state index in [4.69, 9.17) is 14.5 Å². The molecular formula is C25H29N3O4S. The van der Waals surface area contributed by atoms with Gasteiger partial charge >= 0.3 is 5.97 Å². The molecule has 0 unspecified atom stereocenters. The molecule has 8 heteroatoms. The summed E-state index contributed by atoms with van der Waals surface area (Å²) in [5.74, 6) is -0.769. The van der Waals surface area contributed by atoms with E-state index >= 15 is 0 Å². The van der Waals surface area contributed by atoms with E-state index in [1.807, 2.05) is 13.0 Å². The van der Waals surface area contributed by atoms with E-state index in [0.29, 0.717) is 17.2 Å². The molecule has 0 radical (unpaired) electrons. The van der Waals surface area contributed by atoms with Crippen molar-refractivity contribution in [3.05, 3.63) is 58.7 Å². The minimum Gasteiger partial charge on any atom is -0.465 e. The SMILES string of the molecule is COC(=O)c1ccccc1C(=O)N(CCCN1CCOCC1)c1nc2cc(C)cc(C)c2s1. The summed E-state index contributed by atoms with van der Waals surface area (Å²) in [6.07, 6.45) is 0.792. The Hall–Kier alpha value is -2.81. The van der Waals surface area contributed by atoms with Gasteiger partial charge in [-0.2, -0.15) is 0 Å². The number of amides is 1. The normalized spacial score (nSPS) is 14.4. The second-order valence-corrected chi connectivity index (χ2v) is 9.21. The Morgan fingerprint density at radius 1 is 1.15 bits per heavy atom. The molecule has 0 aliphatic carbocycles. The molecule has 0 atom stereocenters. The highest BCUT2D eigenvalue weighted by Crippen LogP contribution is 2.33. The summed E-state index contributed by atoms with van der Waals surface area (Å²) in [6.45, 7) is 8.77. The fraction of sp³-hybridized carbons (Fsp3) is 0.400. The van der Waals surface area contributed by atoms with Crippen molar-refractivity contribution in [1.82, 2.24) is 9.88 Å². The number of nitrogens with zero attached hydrogens (tertiary/aromatic N) is 3. The van der Waals surface area contributed by atoms with E-state index in [2.05, 4.69) is 17.9 Å². The zero-order valence-electron chi connectivity index (χ0n) is 19.3. The van der Waals surface area contributed by atoms with Crippen molar-refractivity contribution in [1.29, 1.82) is 0 Å². The first-order valence-corrected chi connectivity index (χ1v) is 12.0. The first kappa shape index (κ1) is 23.4. The number of hydrogen-bond acceptors (Lipinski definition) is 7.